The lowest BCUT2D eigenvalue weighted by Crippen LogP contribution is -2.12. The Morgan fingerprint density at radius 1 is 0.977 bits per heavy atom. The Balaban J connectivity index is -0.000000646. The molecule has 0 spiro atoms. The summed E-state index contributed by atoms with van der Waals surface area (Å²) in [4.78, 5) is 3.62. The Hall–Kier alpha value is -2.68. The number of rotatable bonds is 10. The van der Waals surface area contributed by atoms with Crippen molar-refractivity contribution in [1.82, 2.24) is 4.98 Å². The molecule has 0 fully saturated rings. The van der Waals surface area contributed by atoms with Gasteiger partial charge in [-0.05, 0) is 54.0 Å². The number of alkyl halides is 8. The van der Waals surface area contributed by atoms with E-state index in [0.29, 0.717) is 18.3 Å². The van der Waals surface area contributed by atoms with Crippen LogP contribution in [0.25, 0.3) is 11.6 Å². The number of hydrogen-bond donors (Lipinski definition) is 0. The second-order valence-electron chi connectivity index (χ2n) is 9.11. The number of allylic oxidation sites excluding steroid dienone is 3. The Bertz CT molecular complexity index is 1090. The van der Waals surface area contributed by atoms with Crippen molar-refractivity contribution in [3.63, 3.8) is 0 Å². The summed E-state index contributed by atoms with van der Waals surface area (Å²) < 4.78 is 94.1. The van der Waals surface area contributed by atoms with Gasteiger partial charge in [-0.1, -0.05) is 116 Å². The summed E-state index contributed by atoms with van der Waals surface area (Å²) in [6, 6.07) is 9.23. The molecule has 2 atom stereocenters. The lowest BCUT2D eigenvalue weighted by molar-refractivity contribution is -0.137. The van der Waals surface area contributed by atoms with Crippen molar-refractivity contribution in [2.24, 2.45) is 5.92 Å². The number of benzene rings is 1. The fourth-order valence-corrected chi connectivity index (χ4v) is 4.15. The van der Waals surface area contributed by atoms with E-state index in [4.69, 9.17) is 11.6 Å². The summed E-state index contributed by atoms with van der Waals surface area (Å²) in [5, 5.41) is -0.412. The van der Waals surface area contributed by atoms with Gasteiger partial charge in [-0.3, -0.25) is 4.98 Å². The minimum atomic E-state index is -4.45. The second kappa shape index (κ2) is 23.7. The standard InChI is InChI=1S/C20H28F2.C8H5ClF3N.C3H5F3.C2H6.CH4/c1-5-9-17(12-13-20(21)22)15(4)18-10-8-11-19(14-18)16(6-2)7-3;1-2-6-7(9)5(3-4-13-6)8(10,11)12;1-2-3(4,5)6;1-2;/h6-8,10-11,14-15,17,20H,2,5,9,12-13H2,1,3-4H3;2-4H,1H2;2H2,1H3;1-2H3;1H4/b16-7+;;;;. The van der Waals surface area contributed by atoms with Crippen LogP contribution in [-0.4, -0.2) is 17.6 Å². The molecule has 2 unspecified atom stereocenters. The van der Waals surface area contributed by atoms with Gasteiger partial charge in [0, 0.05) is 19.0 Å². The van der Waals surface area contributed by atoms with Crippen LogP contribution in [-0.2, 0) is 6.18 Å². The molecule has 0 saturated heterocycles. The molecule has 0 N–H and O–H groups in total. The van der Waals surface area contributed by atoms with Crippen molar-refractivity contribution in [3.05, 3.63) is 89.2 Å². The van der Waals surface area contributed by atoms with Gasteiger partial charge in [-0.25, -0.2) is 8.78 Å². The van der Waals surface area contributed by atoms with Gasteiger partial charge in [0.25, 0.3) is 0 Å². The van der Waals surface area contributed by atoms with E-state index in [1.54, 1.807) is 0 Å². The van der Waals surface area contributed by atoms with Crippen molar-refractivity contribution in [3.8, 4) is 0 Å². The highest BCUT2D eigenvalue weighted by Gasteiger charge is 2.33. The van der Waals surface area contributed by atoms with E-state index < -0.39 is 35.8 Å². The van der Waals surface area contributed by atoms with Crippen molar-refractivity contribution >= 4 is 23.3 Å². The van der Waals surface area contributed by atoms with Gasteiger partial charge in [-0.2, -0.15) is 26.3 Å². The highest BCUT2D eigenvalue weighted by atomic mass is 35.5. The number of nitrogens with zero attached hydrogens (tertiary/aromatic N) is 1. The third kappa shape index (κ3) is 18.2. The first-order valence-electron chi connectivity index (χ1n) is 14.1. The molecule has 10 heteroatoms. The van der Waals surface area contributed by atoms with Crippen LogP contribution in [0.15, 0.2) is 61.8 Å². The maximum Gasteiger partial charge on any atom is 0.417 e. The van der Waals surface area contributed by atoms with E-state index in [-0.39, 0.29) is 19.5 Å². The summed E-state index contributed by atoms with van der Waals surface area (Å²) in [5.74, 6) is 0.605. The van der Waals surface area contributed by atoms with Crippen molar-refractivity contribution in [2.45, 2.75) is 106 Å². The van der Waals surface area contributed by atoms with Crippen LogP contribution < -0.4 is 0 Å². The predicted molar refractivity (Wildman–Crippen MR) is 171 cm³/mol. The van der Waals surface area contributed by atoms with Gasteiger partial charge < -0.3 is 0 Å². The fraction of sp³-hybridized carbons (Fsp3) is 0.500. The molecule has 0 aliphatic rings. The molecule has 0 aliphatic carbocycles. The van der Waals surface area contributed by atoms with Crippen LogP contribution in [0.5, 0.6) is 0 Å². The summed E-state index contributed by atoms with van der Waals surface area (Å²) >= 11 is 5.44. The van der Waals surface area contributed by atoms with Crippen molar-refractivity contribution < 1.29 is 35.1 Å². The van der Waals surface area contributed by atoms with Gasteiger partial charge in [0.1, 0.15) is 0 Å². The summed E-state index contributed by atoms with van der Waals surface area (Å²) in [6.07, 6.45) is -2.60. The smallest absolute Gasteiger partial charge is 0.255 e. The Morgan fingerprint density at radius 3 is 1.95 bits per heavy atom. The largest absolute Gasteiger partial charge is 0.417 e. The molecular formula is C34H48ClF8N. The first kappa shape index (κ1) is 45.7. The summed E-state index contributed by atoms with van der Waals surface area (Å²) in [5.41, 5.74) is 2.63. The third-order valence-electron chi connectivity index (χ3n) is 6.21. The molecule has 0 aliphatic heterocycles. The van der Waals surface area contributed by atoms with Crippen molar-refractivity contribution in [1.29, 1.82) is 0 Å². The lowest BCUT2D eigenvalue weighted by Gasteiger charge is -2.24. The van der Waals surface area contributed by atoms with Crippen LogP contribution in [0.1, 0.15) is 109 Å². The zero-order valence-electron chi connectivity index (χ0n) is 25.7. The molecule has 1 heterocycles. The maximum absolute atomic E-state index is 12.5. The molecule has 1 aromatic carbocycles. The van der Waals surface area contributed by atoms with E-state index in [2.05, 4.69) is 50.2 Å². The monoisotopic (exact) mass is 657 g/mol. The topological polar surface area (TPSA) is 12.9 Å². The van der Waals surface area contributed by atoms with Crippen LogP contribution in [0.2, 0.25) is 5.02 Å². The molecule has 0 amide bonds. The van der Waals surface area contributed by atoms with Crippen LogP contribution >= 0.6 is 11.6 Å². The first-order valence-corrected chi connectivity index (χ1v) is 14.5. The third-order valence-corrected chi connectivity index (χ3v) is 6.61. The number of pyridine rings is 1. The fourth-order valence-electron chi connectivity index (χ4n) is 3.85. The van der Waals surface area contributed by atoms with Gasteiger partial charge in [0.05, 0.1) is 16.3 Å². The van der Waals surface area contributed by atoms with Gasteiger partial charge in [-0.15, -0.1) is 0 Å². The van der Waals surface area contributed by atoms with Crippen LogP contribution in [0, 0.1) is 5.92 Å². The molecule has 252 valence electrons. The van der Waals surface area contributed by atoms with E-state index >= 15 is 0 Å². The quantitative estimate of drug-likeness (QED) is 0.183. The molecule has 2 rings (SSSR count). The van der Waals surface area contributed by atoms with Gasteiger partial charge in [0.2, 0.25) is 6.43 Å². The highest BCUT2D eigenvalue weighted by molar-refractivity contribution is 6.32. The Kier molecular flexibility index (Phi) is 24.6. The molecule has 0 radical (unpaired) electrons. The molecule has 0 saturated carbocycles. The normalized spacial score (nSPS) is 12.6. The van der Waals surface area contributed by atoms with Gasteiger partial charge >= 0.3 is 12.4 Å². The second-order valence-corrected chi connectivity index (χ2v) is 9.49. The minimum absolute atomic E-state index is 0. The average molecular weight is 658 g/mol. The van der Waals surface area contributed by atoms with E-state index in [0.717, 1.165) is 43.2 Å². The molecule has 1 aromatic heterocycles. The molecule has 0 bridgehead atoms. The average Bonchev–Trinajstić information content (AvgIpc) is 2.96. The highest BCUT2D eigenvalue weighted by Crippen LogP contribution is 2.36. The molecule has 1 nitrogen and oxygen atoms in total. The van der Waals surface area contributed by atoms with E-state index in [1.165, 1.54) is 11.6 Å². The van der Waals surface area contributed by atoms with Crippen molar-refractivity contribution in [2.75, 3.05) is 0 Å². The van der Waals surface area contributed by atoms with E-state index in [1.807, 2.05) is 39.0 Å². The molecule has 44 heavy (non-hydrogen) atoms. The predicted octanol–water partition coefficient (Wildman–Crippen LogP) is 13.9. The Labute approximate surface area is 264 Å². The zero-order valence-corrected chi connectivity index (χ0v) is 26.5. The number of aromatic nitrogens is 1. The SMILES string of the molecule is C.C=C/C(=C\C)c1cccc(C(C)C(CCC)CCC(F)F)c1.C=Cc1nccc(C(F)(F)F)c1Cl.CC.CCC(F)(F)F. The summed E-state index contributed by atoms with van der Waals surface area (Å²) in [7, 11) is 0. The first-order chi connectivity index (χ1) is 20.1. The van der Waals surface area contributed by atoms with Crippen LogP contribution in [0.3, 0.4) is 0 Å². The Morgan fingerprint density at radius 2 is 1.55 bits per heavy atom. The van der Waals surface area contributed by atoms with E-state index in [9.17, 15) is 35.1 Å². The maximum atomic E-state index is 12.5. The number of hydrogen-bond acceptors (Lipinski definition) is 1. The number of halogens is 9. The lowest BCUT2D eigenvalue weighted by atomic mass is 9.81. The molecular weight excluding hydrogens is 610 g/mol. The minimum Gasteiger partial charge on any atom is -0.255 e. The van der Waals surface area contributed by atoms with Gasteiger partial charge in [0.15, 0.2) is 0 Å². The zero-order chi connectivity index (χ0) is 33.8. The van der Waals surface area contributed by atoms with Crippen LogP contribution in [0.4, 0.5) is 35.1 Å². The molecule has 2 aromatic rings. The summed E-state index contributed by atoms with van der Waals surface area (Å²) in [6.45, 7) is 18.5.